The molecule has 8 heteroatoms. The Balaban J connectivity index is -0.000000238. The number of pyridine rings is 1. The minimum absolute atomic E-state index is 0. The summed E-state index contributed by atoms with van der Waals surface area (Å²) < 4.78 is 0. The molecule has 177 valence electrons. The molecule has 0 aliphatic heterocycles. The summed E-state index contributed by atoms with van der Waals surface area (Å²) in [6.07, 6.45) is 1.19. The molecular formula is C22H39BrMnN2O3P-3. The third-order valence-electron chi connectivity index (χ3n) is 4.40. The molecule has 30 heavy (non-hydrogen) atoms. The predicted octanol–water partition coefficient (Wildman–Crippen LogP) is 1.41. The summed E-state index contributed by atoms with van der Waals surface area (Å²) in [6.45, 7) is 29.3. The molecule has 1 radical (unpaired) electrons. The van der Waals surface area contributed by atoms with Crippen LogP contribution in [0.25, 0.3) is 0 Å². The van der Waals surface area contributed by atoms with E-state index in [4.69, 9.17) is 19.4 Å². The van der Waals surface area contributed by atoms with E-state index in [9.17, 15) is 0 Å². The van der Waals surface area contributed by atoms with E-state index in [0.717, 1.165) is 17.9 Å². The molecule has 0 saturated heterocycles. The minimum Gasteiger partial charge on any atom is -1.00 e. The SMILES string of the molecule is CC(C)N(Cc1cccc(C[PH+](C(C)C)C(C)C)n1)C(C)C.[Br-].[CH-]=O.[CH-]=O.[CH-]=O.[Mn]. The molecule has 1 aromatic rings. The van der Waals surface area contributed by atoms with E-state index >= 15 is 0 Å². The van der Waals surface area contributed by atoms with Crippen LogP contribution in [0.3, 0.4) is 0 Å². The van der Waals surface area contributed by atoms with Crippen molar-refractivity contribution in [3.05, 3.63) is 29.6 Å². The molecule has 0 bridgehead atoms. The van der Waals surface area contributed by atoms with E-state index in [0.29, 0.717) is 12.1 Å². The van der Waals surface area contributed by atoms with Crippen molar-refractivity contribution in [3.63, 3.8) is 0 Å². The summed E-state index contributed by atoms with van der Waals surface area (Å²) in [6, 6.07) is 7.69. The molecule has 0 spiro atoms. The van der Waals surface area contributed by atoms with Gasteiger partial charge in [0.1, 0.15) is 0 Å². The monoisotopic (exact) mass is 544 g/mol. The van der Waals surface area contributed by atoms with Gasteiger partial charge in [-0.3, -0.25) is 30.3 Å². The van der Waals surface area contributed by atoms with Crippen LogP contribution in [-0.4, -0.2) is 53.7 Å². The van der Waals surface area contributed by atoms with Crippen LogP contribution in [0.1, 0.15) is 66.8 Å². The van der Waals surface area contributed by atoms with Crippen molar-refractivity contribution in [2.75, 3.05) is 0 Å². The van der Waals surface area contributed by atoms with Crippen LogP contribution < -0.4 is 17.0 Å². The topological polar surface area (TPSA) is 67.3 Å². The fourth-order valence-corrected chi connectivity index (χ4v) is 5.91. The van der Waals surface area contributed by atoms with Gasteiger partial charge in [-0.05, 0) is 67.5 Å². The van der Waals surface area contributed by atoms with Crippen molar-refractivity contribution in [2.24, 2.45) is 0 Å². The molecule has 0 N–H and O–H groups in total. The van der Waals surface area contributed by atoms with Crippen molar-refractivity contribution >= 4 is 28.3 Å². The molecule has 1 heterocycles. The Bertz CT molecular complexity index is 451. The van der Waals surface area contributed by atoms with Crippen LogP contribution in [-0.2, 0) is 44.2 Å². The third kappa shape index (κ3) is 17.3. The van der Waals surface area contributed by atoms with E-state index in [1.54, 1.807) is 0 Å². The fourth-order valence-electron chi connectivity index (χ4n) is 3.15. The Morgan fingerprint density at radius 3 is 1.50 bits per heavy atom. The normalized spacial score (nSPS) is 9.67. The van der Waals surface area contributed by atoms with Gasteiger partial charge in [0.25, 0.3) is 0 Å². The Kier molecular flexibility index (Phi) is 33.1. The molecule has 0 aliphatic carbocycles. The molecule has 5 nitrogen and oxygen atoms in total. The second-order valence-corrected chi connectivity index (χ2v) is 11.4. The maximum atomic E-state index is 7.75. The number of hydrogen-bond donors (Lipinski definition) is 0. The van der Waals surface area contributed by atoms with Gasteiger partial charge in [0.05, 0.1) is 28.9 Å². The number of aromatic nitrogens is 1. The second kappa shape index (κ2) is 24.8. The van der Waals surface area contributed by atoms with Gasteiger partial charge >= 0.3 is 0 Å². The molecule has 0 atom stereocenters. The quantitative estimate of drug-likeness (QED) is 0.214. The first-order valence-electron chi connectivity index (χ1n) is 9.49. The summed E-state index contributed by atoms with van der Waals surface area (Å²) in [5.41, 5.74) is 4.12. The largest absolute Gasteiger partial charge is 1.00 e. The van der Waals surface area contributed by atoms with Gasteiger partial charge in [0.15, 0.2) is 0 Å². The molecular weight excluding hydrogens is 506 g/mol. The standard InChI is InChI=1S/C19H35N2P.3CHO.BrH.Mn/c1-14(2)21(15(3)4)12-18-10-9-11-19(20-18)13-22(16(5)6)17(7)8;3*1-2;;/h9-11,14-17H,12-13H2,1-8H3;3*1H;1H;/q;3*-1;;. The van der Waals surface area contributed by atoms with E-state index in [-0.39, 0.29) is 42.0 Å². The molecule has 0 aliphatic rings. The maximum absolute atomic E-state index is 7.75. The average Bonchev–Trinajstić information content (AvgIpc) is 2.68. The van der Waals surface area contributed by atoms with E-state index in [1.165, 1.54) is 17.5 Å². The van der Waals surface area contributed by atoms with Gasteiger partial charge in [-0.15, -0.1) is 0 Å². The van der Waals surface area contributed by atoms with Crippen LogP contribution in [0.5, 0.6) is 0 Å². The first-order valence-corrected chi connectivity index (χ1v) is 11.3. The summed E-state index contributed by atoms with van der Waals surface area (Å²) >= 11 is 0. The first kappa shape index (κ1) is 40.0. The molecule has 0 aromatic carbocycles. The van der Waals surface area contributed by atoms with Gasteiger partial charge in [-0.2, -0.15) is 0 Å². The van der Waals surface area contributed by atoms with Crippen LogP contribution in [0.2, 0.25) is 0 Å². The molecule has 0 fully saturated rings. The van der Waals surface area contributed by atoms with E-state index in [1.807, 2.05) is 0 Å². The number of rotatable bonds is 8. The van der Waals surface area contributed by atoms with Crippen molar-refractivity contribution in [3.8, 4) is 0 Å². The summed E-state index contributed by atoms with van der Waals surface area (Å²) in [4.78, 5) is 30.7. The zero-order valence-electron chi connectivity index (χ0n) is 19.6. The molecule has 1 aromatic heterocycles. The zero-order chi connectivity index (χ0) is 22.9. The molecule has 0 saturated carbocycles. The van der Waals surface area contributed by atoms with E-state index in [2.05, 4.69) is 98.9 Å². The fraction of sp³-hybridized carbons (Fsp3) is 0.636. The number of carbonyl (C=O) groups excluding carboxylic acids is 3. The van der Waals surface area contributed by atoms with Gasteiger partial charge in [-0.25, -0.2) is 0 Å². The summed E-state index contributed by atoms with van der Waals surface area (Å²) in [5, 5.41) is 0. The third-order valence-corrected chi connectivity index (χ3v) is 8.14. The van der Waals surface area contributed by atoms with Gasteiger partial charge in [0.2, 0.25) is 0 Å². The summed E-state index contributed by atoms with van der Waals surface area (Å²) in [7, 11) is -0.384. The van der Waals surface area contributed by atoms with Crippen LogP contribution >= 0.6 is 7.92 Å². The molecule has 1 rings (SSSR count). The zero-order valence-corrected chi connectivity index (χ0v) is 23.3. The average molecular weight is 545 g/mol. The van der Waals surface area contributed by atoms with E-state index < -0.39 is 0 Å². The Morgan fingerprint density at radius 2 is 1.17 bits per heavy atom. The molecule has 0 amide bonds. The Hall–Kier alpha value is -0.451. The first-order chi connectivity index (χ1) is 13.2. The van der Waals surface area contributed by atoms with Crippen molar-refractivity contribution in [1.29, 1.82) is 0 Å². The number of halogens is 1. The van der Waals surface area contributed by atoms with Crippen LogP contribution in [0.15, 0.2) is 18.2 Å². The maximum Gasteiger partial charge on any atom is 0.0995 e. The van der Waals surface area contributed by atoms with Gasteiger partial charge in [0, 0.05) is 43.6 Å². The van der Waals surface area contributed by atoms with Gasteiger partial charge in [-0.1, -0.05) is 6.07 Å². The second-order valence-electron chi connectivity index (χ2n) is 7.54. The smallest absolute Gasteiger partial charge is 0.0995 e. The van der Waals surface area contributed by atoms with Gasteiger partial charge < -0.3 is 31.4 Å². The number of hydrogen-bond acceptors (Lipinski definition) is 5. The Labute approximate surface area is 207 Å². The Morgan fingerprint density at radius 1 is 0.800 bits per heavy atom. The molecule has 0 unspecified atom stereocenters. The minimum atomic E-state index is -0.384. The van der Waals surface area contributed by atoms with Crippen molar-refractivity contribution in [2.45, 2.75) is 91.5 Å². The van der Waals surface area contributed by atoms with Crippen molar-refractivity contribution < 1.29 is 48.4 Å². The van der Waals surface area contributed by atoms with Crippen LogP contribution in [0, 0.1) is 0 Å². The summed E-state index contributed by atoms with van der Waals surface area (Å²) in [5.74, 6) is 0. The van der Waals surface area contributed by atoms with Crippen molar-refractivity contribution in [1.82, 2.24) is 9.88 Å². The number of nitrogens with zero attached hydrogens (tertiary/aromatic N) is 2. The predicted molar refractivity (Wildman–Crippen MR) is 123 cm³/mol. The van der Waals surface area contributed by atoms with Crippen LogP contribution in [0.4, 0.5) is 0 Å².